The van der Waals surface area contributed by atoms with Crippen molar-refractivity contribution in [2.75, 3.05) is 13.1 Å². The van der Waals surface area contributed by atoms with Crippen molar-refractivity contribution < 1.29 is 4.79 Å². The minimum absolute atomic E-state index is 0.0274. The van der Waals surface area contributed by atoms with Gasteiger partial charge in [0.05, 0.1) is 6.54 Å². The van der Waals surface area contributed by atoms with E-state index in [1.54, 1.807) is 6.08 Å². The van der Waals surface area contributed by atoms with E-state index in [-0.39, 0.29) is 5.91 Å². The van der Waals surface area contributed by atoms with Gasteiger partial charge in [0.2, 0.25) is 5.91 Å². The maximum Gasteiger partial charge on any atom is 0.234 e. The molecule has 16 heavy (non-hydrogen) atoms. The van der Waals surface area contributed by atoms with Crippen LogP contribution in [0.1, 0.15) is 32.6 Å². The first-order valence-corrected chi connectivity index (χ1v) is 5.96. The fourth-order valence-corrected chi connectivity index (χ4v) is 1.50. The van der Waals surface area contributed by atoms with E-state index in [0.29, 0.717) is 19.1 Å². The maximum atomic E-state index is 11.3. The van der Waals surface area contributed by atoms with E-state index < -0.39 is 0 Å². The van der Waals surface area contributed by atoms with Crippen LogP contribution in [0, 0.1) is 0 Å². The Bertz CT molecular complexity index is 214. The molecule has 1 amide bonds. The molecule has 3 nitrogen and oxygen atoms in total. The molecule has 0 aromatic carbocycles. The number of nitrogens with one attached hydrogen (secondary N) is 2. The molecule has 0 aliphatic rings. The lowest BCUT2D eigenvalue weighted by Gasteiger charge is -2.16. The quantitative estimate of drug-likeness (QED) is 0.557. The van der Waals surface area contributed by atoms with E-state index in [9.17, 15) is 4.79 Å². The first kappa shape index (κ1) is 14.9. The van der Waals surface area contributed by atoms with Crippen molar-refractivity contribution in [1.29, 1.82) is 0 Å². The molecule has 0 bridgehead atoms. The number of amides is 1. The Balaban J connectivity index is 3.76. The van der Waals surface area contributed by atoms with Gasteiger partial charge in [0.1, 0.15) is 0 Å². The van der Waals surface area contributed by atoms with Crippen LogP contribution in [0.4, 0.5) is 0 Å². The Morgan fingerprint density at radius 1 is 1.31 bits per heavy atom. The molecule has 0 saturated heterocycles. The summed E-state index contributed by atoms with van der Waals surface area (Å²) < 4.78 is 0. The topological polar surface area (TPSA) is 41.1 Å². The zero-order valence-electron chi connectivity index (χ0n) is 10.3. The molecular formula is C13H24N2O. The molecule has 1 unspecified atom stereocenters. The van der Waals surface area contributed by atoms with E-state index in [0.717, 1.165) is 25.7 Å². The molecule has 1 atom stereocenters. The lowest BCUT2D eigenvalue weighted by atomic mass is 10.1. The van der Waals surface area contributed by atoms with Gasteiger partial charge in [-0.2, -0.15) is 0 Å². The molecule has 0 radical (unpaired) electrons. The summed E-state index contributed by atoms with van der Waals surface area (Å²) in [6.07, 6.45) is 7.87. The second-order valence-corrected chi connectivity index (χ2v) is 3.83. The van der Waals surface area contributed by atoms with Crippen molar-refractivity contribution in [1.82, 2.24) is 10.6 Å². The first-order valence-electron chi connectivity index (χ1n) is 5.96. The van der Waals surface area contributed by atoms with Gasteiger partial charge >= 0.3 is 0 Å². The summed E-state index contributed by atoms with van der Waals surface area (Å²) in [7, 11) is 0. The number of hydrogen-bond acceptors (Lipinski definition) is 2. The number of hydrogen-bond donors (Lipinski definition) is 2. The van der Waals surface area contributed by atoms with Crippen LogP contribution in [-0.4, -0.2) is 25.0 Å². The molecule has 0 aromatic rings. The summed E-state index contributed by atoms with van der Waals surface area (Å²) in [6, 6.07) is 0.414. The van der Waals surface area contributed by atoms with Crippen LogP contribution in [-0.2, 0) is 4.79 Å². The molecule has 0 aliphatic carbocycles. The van der Waals surface area contributed by atoms with Crippen molar-refractivity contribution >= 4 is 5.91 Å². The van der Waals surface area contributed by atoms with Crippen molar-refractivity contribution in [3.05, 3.63) is 25.3 Å². The smallest absolute Gasteiger partial charge is 0.234 e. The SMILES string of the molecule is C=CCCC(CCC)NCC(=O)NCC=C. The highest BCUT2D eigenvalue weighted by Gasteiger charge is 2.07. The fourth-order valence-electron chi connectivity index (χ4n) is 1.50. The molecule has 0 heterocycles. The summed E-state index contributed by atoms with van der Waals surface area (Å²) >= 11 is 0. The van der Waals surface area contributed by atoms with Crippen LogP contribution in [0.2, 0.25) is 0 Å². The Labute approximate surface area is 99.0 Å². The average Bonchev–Trinajstić information content (AvgIpc) is 2.30. The van der Waals surface area contributed by atoms with Gasteiger partial charge < -0.3 is 10.6 Å². The molecule has 0 rings (SSSR count). The molecule has 2 N–H and O–H groups in total. The molecule has 0 fully saturated rings. The predicted molar refractivity (Wildman–Crippen MR) is 69.3 cm³/mol. The Kier molecular flexibility index (Phi) is 9.72. The van der Waals surface area contributed by atoms with E-state index in [2.05, 4.69) is 30.7 Å². The van der Waals surface area contributed by atoms with E-state index in [4.69, 9.17) is 0 Å². The summed E-state index contributed by atoms with van der Waals surface area (Å²) in [6.45, 7) is 10.3. The molecule has 0 aromatic heterocycles. The van der Waals surface area contributed by atoms with Gasteiger partial charge in [-0.15, -0.1) is 13.2 Å². The highest BCUT2D eigenvalue weighted by atomic mass is 16.1. The van der Waals surface area contributed by atoms with Gasteiger partial charge in [0.25, 0.3) is 0 Å². The van der Waals surface area contributed by atoms with Crippen LogP contribution in [0.25, 0.3) is 0 Å². The third kappa shape index (κ3) is 8.24. The predicted octanol–water partition coefficient (Wildman–Crippen LogP) is 2.01. The van der Waals surface area contributed by atoms with E-state index >= 15 is 0 Å². The highest BCUT2D eigenvalue weighted by molar-refractivity contribution is 5.78. The van der Waals surface area contributed by atoms with Gasteiger partial charge in [-0.1, -0.05) is 25.5 Å². The molecule has 0 aliphatic heterocycles. The van der Waals surface area contributed by atoms with Crippen molar-refractivity contribution in [3.8, 4) is 0 Å². The van der Waals surface area contributed by atoms with Crippen LogP contribution in [0.15, 0.2) is 25.3 Å². The summed E-state index contributed by atoms with van der Waals surface area (Å²) in [5.74, 6) is 0.0274. The van der Waals surface area contributed by atoms with Gasteiger partial charge in [0, 0.05) is 12.6 Å². The van der Waals surface area contributed by atoms with E-state index in [1.807, 2.05) is 6.08 Å². The largest absolute Gasteiger partial charge is 0.352 e. The summed E-state index contributed by atoms with van der Waals surface area (Å²) in [5, 5.41) is 6.02. The Morgan fingerprint density at radius 2 is 2.06 bits per heavy atom. The summed E-state index contributed by atoms with van der Waals surface area (Å²) in [5.41, 5.74) is 0. The Morgan fingerprint density at radius 3 is 2.62 bits per heavy atom. The molecule has 92 valence electrons. The molecule has 0 saturated carbocycles. The zero-order chi connectivity index (χ0) is 12.2. The standard InChI is InChI=1S/C13H24N2O/c1-4-7-9-12(8-5-2)15-11-13(16)14-10-6-3/h4,6,12,15H,1,3,5,7-11H2,2H3,(H,14,16). The van der Waals surface area contributed by atoms with Gasteiger partial charge in [-0.05, 0) is 19.3 Å². The monoisotopic (exact) mass is 224 g/mol. The maximum absolute atomic E-state index is 11.3. The number of carbonyl (C=O) groups is 1. The van der Waals surface area contributed by atoms with Crippen LogP contribution in [0.3, 0.4) is 0 Å². The molecule has 0 spiro atoms. The van der Waals surface area contributed by atoms with Gasteiger partial charge in [-0.3, -0.25) is 4.79 Å². The lowest BCUT2D eigenvalue weighted by molar-refractivity contribution is -0.120. The fraction of sp³-hybridized carbons (Fsp3) is 0.615. The van der Waals surface area contributed by atoms with E-state index in [1.165, 1.54) is 0 Å². The van der Waals surface area contributed by atoms with Crippen molar-refractivity contribution in [2.24, 2.45) is 0 Å². The van der Waals surface area contributed by atoms with Crippen LogP contribution >= 0.6 is 0 Å². The normalized spacial score (nSPS) is 11.8. The minimum atomic E-state index is 0.0274. The summed E-state index contributed by atoms with van der Waals surface area (Å²) in [4.78, 5) is 11.3. The van der Waals surface area contributed by atoms with Crippen molar-refractivity contribution in [3.63, 3.8) is 0 Å². The van der Waals surface area contributed by atoms with Gasteiger partial charge in [-0.25, -0.2) is 0 Å². The van der Waals surface area contributed by atoms with Crippen LogP contribution in [0.5, 0.6) is 0 Å². The number of rotatable bonds is 10. The number of allylic oxidation sites excluding steroid dienone is 1. The Hall–Kier alpha value is -1.09. The molecule has 3 heteroatoms. The lowest BCUT2D eigenvalue weighted by Crippen LogP contribution is -2.39. The van der Waals surface area contributed by atoms with Gasteiger partial charge in [0.15, 0.2) is 0 Å². The second kappa shape index (κ2) is 10.4. The third-order valence-corrected chi connectivity index (χ3v) is 2.35. The first-order chi connectivity index (χ1) is 7.74. The molecular weight excluding hydrogens is 200 g/mol. The van der Waals surface area contributed by atoms with Crippen molar-refractivity contribution in [2.45, 2.75) is 38.6 Å². The average molecular weight is 224 g/mol. The zero-order valence-corrected chi connectivity index (χ0v) is 10.3. The minimum Gasteiger partial charge on any atom is -0.352 e. The third-order valence-electron chi connectivity index (χ3n) is 2.35. The highest BCUT2D eigenvalue weighted by Crippen LogP contribution is 2.04. The second-order valence-electron chi connectivity index (χ2n) is 3.83. The number of carbonyl (C=O) groups excluding carboxylic acids is 1. The van der Waals surface area contributed by atoms with Crippen LogP contribution < -0.4 is 10.6 Å².